The van der Waals surface area contributed by atoms with Crippen LogP contribution in [-0.4, -0.2) is 41.4 Å². The van der Waals surface area contributed by atoms with Crippen LogP contribution in [0.25, 0.3) is 10.8 Å². The van der Waals surface area contributed by atoms with Crippen molar-refractivity contribution in [3.05, 3.63) is 66.6 Å². The Morgan fingerprint density at radius 2 is 1.84 bits per heavy atom. The molecule has 0 atom stereocenters. The van der Waals surface area contributed by atoms with E-state index in [-0.39, 0.29) is 11.9 Å². The number of carbonyl (C=O) groups excluding carboxylic acids is 2. The summed E-state index contributed by atoms with van der Waals surface area (Å²) < 4.78 is 5.45. The number of amides is 3. The zero-order valence-corrected chi connectivity index (χ0v) is 17.9. The van der Waals surface area contributed by atoms with Crippen molar-refractivity contribution in [1.29, 1.82) is 0 Å². The van der Waals surface area contributed by atoms with Gasteiger partial charge in [-0.15, -0.1) is 0 Å². The molecule has 0 aliphatic carbocycles. The summed E-state index contributed by atoms with van der Waals surface area (Å²) in [4.78, 5) is 29.4. The van der Waals surface area contributed by atoms with E-state index in [2.05, 4.69) is 12.2 Å². The van der Waals surface area contributed by atoms with Crippen molar-refractivity contribution in [3.8, 4) is 0 Å². The molecule has 0 saturated carbocycles. The summed E-state index contributed by atoms with van der Waals surface area (Å²) in [5.41, 5.74) is 0.754. The Balaban J connectivity index is 1.45. The van der Waals surface area contributed by atoms with E-state index in [1.54, 1.807) is 17.2 Å². The van der Waals surface area contributed by atoms with Crippen molar-refractivity contribution in [2.45, 2.75) is 32.7 Å². The van der Waals surface area contributed by atoms with Crippen LogP contribution in [0.15, 0.2) is 65.3 Å². The molecule has 4 rings (SSSR count). The van der Waals surface area contributed by atoms with Crippen LogP contribution in [0.2, 0.25) is 0 Å². The SMILES string of the molecule is CC1CCN(C(=O)CCN(Cc2ccco2)C(=O)Nc2cccc3ccccc23)CC1. The van der Waals surface area contributed by atoms with Gasteiger partial charge in [-0.1, -0.05) is 43.3 Å². The summed E-state index contributed by atoms with van der Waals surface area (Å²) in [5.74, 6) is 1.47. The molecule has 1 saturated heterocycles. The van der Waals surface area contributed by atoms with Gasteiger partial charge in [0.2, 0.25) is 5.91 Å². The highest BCUT2D eigenvalue weighted by Gasteiger charge is 2.23. The van der Waals surface area contributed by atoms with Crippen LogP contribution in [-0.2, 0) is 11.3 Å². The molecular formula is C25H29N3O3. The maximum atomic E-state index is 13.2. The van der Waals surface area contributed by atoms with Crippen molar-refractivity contribution in [2.75, 3.05) is 25.0 Å². The maximum Gasteiger partial charge on any atom is 0.322 e. The number of nitrogens with one attached hydrogen (secondary N) is 1. The number of carbonyl (C=O) groups is 2. The second-order valence-corrected chi connectivity index (χ2v) is 8.27. The average molecular weight is 420 g/mol. The molecule has 162 valence electrons. The summed E-state index contributed by atoms with van der Waals surface area (Å²) in [6.07, 6.45) is 3.99. The smallest absolute Gasteiger partial charge is 0.322 e. The molecule has 2 heterocycles. The number of rotatable bonds is 6. The van der Waals surface area contributed by atoms with Gasteiger partial charge in [0.05, 0.1) is 18.5 Å². The molecule has 31 heavy (non-hydrogen) atoms. The number of anilines is 1. The lowest BCUT2D eigenvalue weighted by Gasteiger charge is -2.31. The first-order chi connectivity index (χ1) is 15.1. The zero-order valence-electron chi connectivity index (χ0n) is 17.9. The van der Waals surface area contributed by atoms with Crippen LogP contribution in [0, 0.1) is 5.92 Å². The van der Waals surface area contributed by atoms with Crippen molar-refractivity contribution in [1.82, 2.24) is 9.80 Å². The Hall–Kier alpha value is -3.28. The van der Waals surface area contributed by atoms with E-state index in [0.29, 0.717) is 31.2 Å². The Bertz CT molecular complexity index is 1020. The standard InChI is InChI=1S/C25H29N3O3/c1-19-11-14-27(15-12-19)24(29)13-16-28(18-21-8-5-17-31-21)25(30)26-23-10-4-7-20-6-2-3-9-22(20)23/h2-10,17,19H,11-16,18H2,1H3,(H,26,30). The normalized spacial score (nSPS) is 14.5. The van der Waals surface area contributed by atoms with Crippen molar-refractivity contribution < 1.29 is 14.0 Å². The number of furan rings is 1. The third kappa shape index (κ3) is 5.26. The second-order valence-electron chi connectivity index (χ2n) is 8.27. The van der Waals surface area contributed by atoms with E-state index in [4.69, 9.17) is 4.42 Å². The van der Waals surface area contributed by atoms with Gasteiger partial charge >= 0.3 is 6.03 Å². The van der Waals surface area contributed by atoms with E-state index in [1.807, 2.05) is 53.4 Å². The molecule has 6 nitrogen and oxygen atoms in total. The fourth-order valence-corrected chi connectivity index (χ4v) is 4.02. The lowest BCUT2D eigenvalue weighted by atomic mass is 9.99. The molecular weight excluding hydrogens is 390 g/mol. The summed E-state index contributed by atoms with van der Waals surface area (Å²) in [7, 11) is 0. The molecule has 6 heteroatoms. The number of likely N-dealkylation sites (tertiary alicyclic amines) is 1. The third-order valence-corrected chi connectivity index (χ3v) is 5.98. The summed E-state index contributed by atoms with van der Waals surface area (Å²) >= 11 is 0. The van der Waals surface area contributed by atoms with Crippen LogP contribution < -0.4 is 5.32 Å². The van der Waals surface area contributed by atoms with Crippen molar-refractivity contribution in [3.63, 3.8) is 0 Å². The largest absolute Gasteiger partial charge is 0.467 e. The number of benzene rings is 2. The van der Waals surface area contributed by atoms with Crippen LogP contribution >= 0.6 is 0 Å². The minimum absolute atomic E-state index is 0.106. The fraction of sp³-hybridized carbons (Fsp3) is 0.360. The van der Waals surface area contributed by atoms with Gasteiger partial charge < -0.3 is 19.5 Å². The van der Waals surface area contributed by atoms with Gasteiger partial charge in [0, 0.05) is 31.4 Å². The number of fused-ring (bicyclic) bond motifs is 1. The summed E-state index contributed by atoms with van der Waals surface area (Å²) in [6.45, 7) is 4.49. The molecule has 3 aromatic rings. The van der Waals surface area contributed by atoms with Gasteiger partial charge in [-0.3, -0.25) is 4.79 Å². The fourth-order valence-electron chi connectivity index (χ4n) is 4.02. The van der Waals surface area contributed by atoms with Crippen LogP contribution in [0.3, 0.4) is 0 Å². The van der Waals surface area contributed by atoms with E-state index < -0.39 is 0 Å². The molecule has 0 unspecified atom stereocenters. The molecule has 0 spiro atoms. The van der Waals surface area contributed by atoms with Crippen LogP contribution in [0.4, 0.5) is 10.5 Å². The van der Waals surface area contributed by atoms with E-state index >= 15 is 0 Å². The highest BCUT2D eigenvalue weighted by Crippen LogP contribution is 2.24. The minimum atomic E-state index is -0.243. The van der Waals surface area contributed by atoms with Crippen LogP contribution in [0.1, 0.15) is 31.9 Å². The first-order valence-corrected chi connectivity index (χ1v) is 10.9. The van der Waals surface area contributed by atoms with Gasteiger partial charge in [0.25, 0.3) is 0 Å². The molecule has 0 bridgehead atoms. The van der Waals surface area contributed by atoms with E-state index in [1.165, 1.54) is 0 Å². The van der Waals surface area contributed by atoms with Gasteiger partial charge in [0.1, 0.15) is 5.76 Å². The topological polar surface area (TPSA) is 65.8 Å². The van der Waals surface area contributed by atoms with E-state index in [9.17, 15) is 9.59 Å². The van der Waals surface area contributed by atoms with Gasteiger partial charge in [-0.05, 0) is 42.3 Å². The first-order valence-electron chi connectivity index (χ1n) is 10.9. The molecule has 1 aliphatic heterocycles. The number of nitrogens with zero attached hydrogens (tertiary/aromatic N) is 2. The monoisotopic (exact) mass is 419 g/mol. The predicted molar refractivity (Wildman–Crippen MR) is 122 cm³/mol. The number of urea groups is 1. The molecule has 1 aliphatic rings. The van der Waals surface area contributed by atoms with E-state index in [0.717, 1.165) is 42.4 Å². The molecule has 3 amide bonds. The number of piperidine rings is 1. The number of hydrogen-bond donors (Lipinski definition) is 1. The Morgan fingerprint density at radius 3 is 2.61 bits per heavy atom. The molecule has 1 aromatic heterocycles. The maximum absolute atomic E-state index is 13.2. The molecule has 1 fully saturated rings. The third-order valence-electron chi connectivity index (χ3n) is 5.98. The first kappa shape index (κ1) is 21.0. The Kier molecular flexibility index (Phi) is 6.55. The highest BCUT2D eigenvalue weighted by atomic mass is 16.3. The zero-order chi connectivity index (χ0) is 21.6. The Morgan fingerprint density at radius 1 is 1.06 bits per heavy atom. The average Bonchev–Trinajstić information content (AvgIpc) is 3.30. The summed E-state index contributed by atoms with van der Waals surface area (Å²) in [6, 6.07) is 17.2. The molecule has 0 radical (unpaired) electrons. The highest BCUT2D eigenvalue weighted by molar-refractivity contribution is 6.01. The second kappa shape index (κ2) is 9.69. The minimum Gasteiger partial charge on any atom is -0.467 e. The molecule has 1 N–H and O–H groups in total. The van der Waals surface area contributed by atoms with Crippen molar-refractivity contribution in [2.24, 2.45) is 5.92 Å². The Labute approximate surface area is 182 Å². The van der Waals surface area contributed by atoms with Crippen LogP contribution in [0.5, 0.6) is 0 Å². The van der Waals surface area contributed by atoms with Gasteiger partial charge in [-0.25, -0.2) is 4.79 Å². The molecule has 2 aromatic carbocycles. The van der Waals surface area contributed by atoms with Gasteiger partial charge in [0.15, 0.2) is 0 Å². The predicted octanol–water partition coefficient (Wildman–Crippen LogP) is 5.12. The number of hydrogen-bond acceptors (Lipinski definition) is 3. The van der Waals surface area contributed by atoms with Gasteiger partial charge in [-0.2, -0.15) is 0 Å². The summed E-state index contributed by atoms with van der Waals surface area (Å²) in [5, 5.41) is 5.07. The van der Waals surface area contributed by atoms with Crippen molar-refractivity contribution >= 4 is 28.4 Å². The lowest BCUT2D eigenvalue weighted by Crippen LogP contribution is -2.41. The lowest BCUT2D eigenvalue weighted by molar-refractivity contribution is -0.132. The quantitative estimate of drug-likeness (QED) is 0.603.